The Balaban J connectivity index is 1.79. The third-order valence-corrected chi connectivity index (χ3v) is 3.97. The lowest BCUT2D eigenvalue weighted by molar-refractivity contribution is 0.138. The first-order valence-corrected chi connectivity index (χ1v) is 7.38. The highest BCUT2D eigenvalue weighted by molar-refractivity contribution is 6.30. The molecular weight excluding hydrogens is 270 g/mol. The van der Waals surface area contributed by atoms with E-state index < -0.39 is 0 Å². The monoisotopic (exact) mass is 287 g/mol. The Bertz CT molecular complexity index is 558. The van der Waals surface area contributed by atoms with Gasteiger partial charge in [-0.1, -0.05) is 48.0 Å². The zero-order chi connectivity index (χ0) is 13.8. The molecule has 2 atom stereocenters. The SMILES string of the molecule is Clc1cccc(O[C@H]2CCNC[C@@H]2c2ccccc2)c1. The molecule has 0 bridgehead atoms. The van der Waals surface area contributed by atoms with Crippen LogP contribution in [-0.4, -0.2) is 19.2 Å². The van der Waals surface area contributed by atoms with Crippen LogP contribution in [0.1, 0.15) is 17.9 Å². The molecule has 104 valence electrons. The third-order valence-electron chi connectivity index (χ3n) is 3.73. The normalized spacial score (nSPS) is 22.4. The molecule has 0 aliphatic carbocycles. The Hall–Kier alpha value is -1.51. The van der Waals surface area contributed by atoms with Crippen LogP contribution >= 0.6 is 11.6 Å². The Morgan fingerprint density at radius 1 is 1.05 bits per heavy atom. The minimum atomic E-state index is 0.192. The number of benzene rings is 2. The number of hydrogen-bond acceptors (Lipinski definition) is 2. The Morgan fingerprint density at radius 2 is 1.90 bits per heavy atom. The van der Waals surface area contributed by atoms with Crippen molar-refractivity contribution in [2.75, 3.05) is 13.1 Å². The lowest BCUT2D eigenvalue weighted by atomic mass is 9.89. The maximum Gasteiger partial charge on any atom is 0.121 e. The molecule has 1 heterocycles. The van der Waals surface area contributed by atoms with Crippen molar-refractivity contribution in [2.45, 2.75) is 18.4 Å². The molecule has 3 heteroatoms. The van der Waals surface area contributed by atoms with Gasteiger partial charge in [-0.15, -0.1) is 0 Å². The van der Waals surface area contributed by atoms with Crippen molar-refractivity contribution in [2.24, 2.45) is 0 Å². The van der Waals surface area contributed by atoms with Crippen LogP contribution in [-0.2, 0) is 0 Å². The predicted octanol–water partition coefficient (Wildman–Crippen LogP) is 3.86. The van der Waals surface area contributed by atoms with Gasteiger partial charge in [-0.3, -0.25) is 0 Å². The van der Waals surface area contributed by atoms with Gasteiger partial charge in [-0.2, -0.15) is 0 Å². The second kappa shape index (κ2) is 6.29. The Morgan fingerprint density at radius 3 is 2.70 bits per heavy atom. The maximum atomic E-state index is 6.18. The third kappa shape index (κ3) is 3.14. The summed E-state index contributed by atoms with van der Waals surface area (Å²) in [5.74, 6) is 1.23. The van der Waals surface area contributed by atoms with E-state index in [1.54, 1.807) is 0 Å². The van der Waals surface area contributed by atoms with Crippen LogP contribution in [0.25, 0.3) is 0 Å². The van der Waals surface area contributed by atoms with Crippen LogP contribution in [0, 0.1) is 0 Å². The minimum Gasteiger partial charge on any atom is -0.490 e. The standard InChI is InChI=1S/C17H18ClNO/c18-14-7-4-8-15(11-14)20-17-9-10-19-12-16(17)13-5-2-1-3-6-13/h1-8,11,16-17,19H,9-10,12H2/t16-,17+/m1/s1. The fourth-order valence-corrected chi connectivity index (χ4v) is 2.90. The summed E-state index contributed by atoms with van der Waals surface area (Å²) >= 11 is 6.02. The smallest absolute Gasteiger partial charge is 0.121 e. The molecule has 0 aromatic heterocycles. The van der Waals surface area contributed by atoms with Crippen molar-refractivity contribution in [1.29, 1.82) is 0 Å². The number of halogens is 1. The van der Waals surface area contributed by atoms with Gasteiger partial charge in [0.2, 0.25) is 0 Å². The van der Waals surface area contributed by atoms with E-state index in [1.807, 2.05) is 30.3 Å². The summed E-state index contributed by atoms with van der Waals surface area (Å²) in [7, 11) is 0. The summed E-state index contributed by atoms with van der Waals surface area (Å²) in [6.45, 7) is 1.95. The topological polar surface area (TPSA) is 21.3 Å². The molecule has 20 heavy (non-hydrogen) atoms. The summed E-state index contributed by atoms with van der Waals surface area (Å²) in [6.07, 6.45) is 1.20. The van der Waals surface area contributed by atoms with Gasteiger partial charge in [0.15, 0.2) is 0 Å². The molecule has 0 spiro atoms. The molecule has 2 aromatic carbocycles. The lowest BCUT2D eigenvalue weighted by Crippen LogP contribution is -2.41. The van der Waals surface area contributed by atoms with E-state index in [4.69, 9.17) is 16.3 Å². The number of hydrogen-bond donors (Lipinski definition) is 1. The van der Waals surface area contributed by atoms with Crippen LogP contribution in [0.15, 0.2) is 54.6 Å². The van der Waals surface area contributed by atoms with Crippen LogP contribution in [0.5, 0.6) is 5.75 Å². The zero-order valence-electron chi connectivity index (χ0n) is 11.3. The van der Waals surface area contributed by atoms with Gasteiger partial charge < -0.3 is 10.1 Å². The van der Waals surface area contributed by atoms with Crippen LogP contribution < -0.4 is 10.1 Å². The molecule has 1 aliphatic heterocycles. The number of nitrogens with one attached hydrogen (secondary N) is 1. The second-order valence-electron chi connectivity index (χ2n) is 5.12. The molecule has 0 unspecified atom stereocenters. The molecular formula is C17H18ClNO. The maximum absolute atomic E-state index is 6.18. The van der Waals surface area contributed by atoms with Gasteiger partial charge in [-0.25, -0.2) is 0 Å². The van der Waals surface area contributed by atoms with Crippen molar-refractivity contribution < 1.29 is 4.74 Å². The molecule has 1 saturated heterocycles. The average Bonchev–Trinajstić information content (AvgIpc) is 2.49. The van der Waals surface area contributed by atoms with Crippen LogP contribution in [0.4, 0.5) is 0 Å². The fourth-order valence-electron chi connectivity index (χ4n) is 2.72. The Kier molecular flexibility index (Phi) is 4.24. The molecule has 0 saturated carbocycles. The van der Waals surface area contributed by atoms with E-state index in [2.05, 4.69) is 29.6 Å². The Labute approximate surface area is 124 Å². The highest BCUT2D eigenvalue weighted by atomic mass is 35.5. The van der Waals surface area contributed by atoms with E-state index in [0.29, 0.717) is 10.9 Å². The lowest BCUT2D eigenvalue weighted by Gasteiger charge is -2.33. The van der Waals surface area contributed by atoms with Gasteiger partial charge in [-0.05, 0) is 36.7 Å². The molecule has 1 fully saturated rings. The molecule has 0 amide bonds. The number of rotatable bonds is 3. The van der Waals surface area contributed by atoms with Crippen LogP contribution in [0.2, 0.25) is 5.02 Å². The summed E-state index contributed by atoms with van der Waals surface area (Å²) in [5.41, 5.74) is 1.33. The van der Waals surface area contributed by atoms with E-state index in [0.717, 1.165) is 25.3 Å². The number of ether oxygens (including phenoxy) is 1. The van der Waals surface area contributed by atoms with E-state index >= 15 is 0 Å². The fraction of sp³-hybridized carbons (Fsp3) is 0.294. The zero-order valence-corrected chi connectivity index (χ0v) is 12.0. The first-order valence-electron chi connectivity index (χ1n) is 7.01. The largest absolute Gasteiger partial charge is 0.490 e. The summed E-state index contributed by atoms with van der Waals surface area (Å²) in [6, 6.07) is 18.2. The van der Waals surface area contributed by atoms with E-state index in [1.165, 1.54) is 5.56 Å². The number of piperidine rings is 1. The molecule has 2 nitrogen and oxygen atoms in total. The van der Waals surface area contributed by atoms with Gasteiger partial charge in [0, 0.05) is 17.5 Å². The van der Waals surface area contributed by atoms with Crippen molar-refractivity contribution in [1.82, 2.24) is 5.32 Å². The molecule has 1 aliphatic rings. The predicted molar refractivity (Wildman–Crippen MR) is 82.5 cm³/mol. The molecule has 0 radical (unpaired) electrons. The van der Waals surface area contributed by atoms with Gasteiger partial charge in [0.25, 0.3) is 0 Å². The second-order valence-corrected chi connectivity index (χ2v) is 5.56. The van der Waals surface area contributed by atoms with Crippen molar-refractivity contribution in [3.8, 4) is 5.75 Å². The van der Waals surface area contributed by atoms with Crippen molar-refractivity contribution in [3.63, 3.8) is 0 Å². The highest BCUT2D eigenvalue weighted by Crippen LogP contribution is 2.28. The van der Waals surface area contributed by atoms with Gasteiger partial charge in [0.1, 0.15) is 11.9 Å². The summed E-state index contributed by atoms with van der Waals surface area (Å²) < 4.78 is 6.18. The van der Waals surface area contributed by atoms with Crippen molar-refractivity contribution >= 4 is 11.6 Å². The summed E-state index contributed by atoms with van der Waals surface area (Å²) in [5, 5.41) is 4.17. The molecule has 2 aromatic rings. The van der Waals surface area contributed by atoms with Crippen LogP contribution in [0.3, 0.4) is 0 Å². The summed E-state index contributed by atoms with van der Waals surface area (Å²) in [4.78, 5) is 0. The minimum absolute atomic E-state index is 0.192. The van der Waals surface area contributed by atoms with Gasteiger partial charge in [0.05, 0.1) is 0 Å². The highest BCUT2D eigenvalue weighted by Gasteiger charge is 2.27. The van der Waals surface area contributed by atoms with E-state index in [9.17, 15) is 0 Å². The van der Waals surface area contributed by atoms with E-state index in [-0.39, 0.29) is 6.10 Å². The van der Waals surface area contributed by atoms with Gasteiger partial charge >= 0.3 is 0 Å². The molecule has 1 N–H and O–H groups in total. The molecule has 3 rings (SSSR count). The van der Waals surface area contributed by atoms with Crippen molar-refractivity contribution in [3.05, 3.63) is 65.2 Å². The average molecular weight is 288 g/mol. The first-order chi connectivity index (χ1) is 9.83. The first kappa shape index (κ1) is 13.5. The quantitative estimate of drug-likeness (QED) is 0.925.